The molecule has 5 nitrogen and oxygen atoms in total. The van der Waals surface area contributed by atoms with Gasteiger partial charge in [0.15, 0.2) is 5.82 Å². The first-order valence-electron chi connectivity index (χ1n) is 5.64. The van der Waals surface area contributed by atoms with Crippen molar-refractivity contribution in [3.63, 3.8) is 0 Å². The summed E-state index contributed by atoms with van der Waals surface area (Å²) in [7, 11) is 0. The van der Waals surface area contributed by atoms with Crippen LogP contribution in [0.4, 0.5) is 0 Å². The molecule has 0 saturated carbocycles. The summed E-state index contributed by atoms with van der Waals surface area (Å²) in [6.45, 7) is 2.87. The number of thioether (sulfide) groups is 1. The first-order valence-corrected chi connectivity index (χ1v) is 7.51. The molecule has 2 N–H and O–H groups in total. The highest BCUT2D eigenvalue weighted by molar-refractivity contribution is 7.99. The van der Waals surface area contributed by atoms with E-state index in [4.69, 9.17) is 4.74 Å². The standard InChI is InChI=1S/C11H15N3O2S2/c1-2-16-6-8(15)7-18-11-12-10(13-14-11)9-4-3-5-17-9/h3-5,8,15H,2,6-7H2,1H3,(H,12,13,14)/t8-/m1/s1. The molecule has 0 aromatic carbocycles. The van der Waals surface area contributed by atoms with E-state index in [9.17, 15) is 5.11 Å². The fourth-order valence-electron chi connectivity index (χ4n) is 1.31. The summed E-state index contributed by atoms with van der Waals surface area (Å²) in [4.78, 5) is 5.42. The number of aromatic nitrogens is 3. The van der Waals surface area contributed by atoms with Crippen LogP contribution in [0.1, 0.15) is 6.92 Å². The monoisotopic (exact) mass is 285 g/mol. The minimum Gasteiger partial charge on any atom is -0.390 e. The van der Waals surface area contributed by atoms with Crippen molar-refractivity contribution in [2.24, 2.45) is 0 Å². The lowest BCUT2D eigenvalue weighted by Crippen LogP contribution is -2.17. The Bertz CT molecular complexity index is 459. The van der Waals surface area contributed by atoms with E-state index in [-0.39, 0.29) is 0 Å². The quantitative estimate of drug-likeness (QED) is 0.762. The van der Waals surface area contributed by atoms with Gasteiger partial charge in [-0.05, 0) is 18.4 Å². The van der Waals surface area contributed by atoms with E-state index in [0.717, 1.165) is 10.7 Å². The Morgan fingerprint density at radius 3 is 3.22 bits per heavy atom. The van der Waals surface area contributed by atoms with Gasteiger partial charge in [0, 0.05) is 12.4 Å². The van der Waals surface area contributed by atoms with Crippen molar-refractivity contribution in [2.45, 2.75) is 18.2 Å². The van der Waals surface area contributed by atoms with Crippen LogP contribution in [0.2, 0.25) is 0 Å². The molecule has 0 aliphatic heterocycles. The molecule has 2 heterocycles. The number of aliphatic hydroxyl groups excluding tert-OH is 1. The zero-order valence-corrected chi connectivity index (χ0v) is 11.6. The number of H-pyrrole nitrogens is 1. The molecule has 0 aliphatic carbocycles. The first kappa shape index (κ1) is 13.5. The second-order valence-electron chi connectivity index (χ2n) is 3.57. The van der Waals surface area contributed by atoms with Crippen LogP contribution in [0.3, 0.4) is 0 Å². The zero-order chi connectivity index (χ0) is 12.8. The number of rotatable bonds is 7. The van der Waals surface area contributed by atoms with Gasteiger partial charge in [-0.25, -0.2) is 4.98 Å². The lowest BCUT2D eigenvalue weighted by Gasteiger charge is -2.07. The maximum absolute atomic E-state index is 9.62. The summed E-state index contributed by atoms with van der Waals surface area (Å²) in [5.74, 6) is 1.30. The van der Waals surface area contributed by atoms with Crippen molar-refractivity contribution >= 4 is 23.1 Å². The van der Waals surface area contributed by atoms with Gasteiger partial charge < -0.3 is 9.84 Å². The molecule has 0 unspecified atom stereocenters. The number of aromatic amines is 1. The van der Waals surface area contributed by atoms with Crippen molar-refractivity contribution in [2.75, 3.05) is 19.0 Å². The number of nitrogens with one attached hydrogen (secondary N) is 1. The van der Waals surface area contributed by atoms with Gasteiger partial charge in [-0.1, -0.05) is 17.8 Å². The van der Waals surface area contributed by atoms with Gasteiger partial charge in [-0.2, -0.15) is 0 Å². The third-order valence-electron chi connectivity index (χ3n) is 2.14. The van der Waals surface area contributed by atoms with Gasteiger partial charge in [-0.15, -0.1) is 16.4 Å². The molecule has 98 valence electrons. The molecule has 0 radical (unpaired) electrons. The number of aliphatic hydroxyl groups is 1. The minimum atomic E-state index is -0.487. The van der Waals surface area contributed by atoms with Gasteiger partial charge in [0.05, 0.1) is 17.6 Å². The topological polar surface area (TPSA) is 71.0 Å². The van der Waals surface area contributed by atoms with Crippen LogP contribution in [0.15, 0.2) is 22.7 Å². The van der Waals surface area contributed by atoms with Crippen LogP contribution < -0.4 is 0 Å². The highest BCUT2D eigenvalue weighted by atomic mass is 32.2. The van der Waals surface area contributed by atoms with Crippen molar-refractivity contribution in [1.29, 1.82) is 0 Å². The molecular formula is C11H15N3O2S2. The fourth-order valence-corrected chi connectivity index (χ4v) is 2.67. The Labute approximate surface area is 114 Å². The van der Waals surface area contributed by atoms with Crippen LogP contribution in [-0.2, 0) is 4.74 Å². The molecule has 2 aromatic heterocycles. The van der Waals surface area contributed by atoms with Crippen LogP contribution in [-0.4, -0.2) is 45.4 Å². The van der Waals surface area contributed by atoms with Crippen LogP contribution in [0.5, 0.6) is 0 Å². The molecule has 2 rings (SSSR count). The number of ether oxygens (including phenoxy) is 1. The predicted octanol–water partition coefficient (Wildman–Crippen LogP) is 2.02. The smallest absolute Gasteiger partial charge is 0.208 e. The zero-order valence-electron chi connectivity index (χ0n) is 10.00. The molecule has 0 saturated heterocycles. The Morgan fingerprint density at radius 2 is 2.50 bits per heavy atom. The number of thiophene rings is 1. The van der Waals surface area contributed by atoms with Crippen molar-refractivity contribution in [3.05, 3.63) is 17.5 Å². The summed E-state index contributed by atoms with van der Waals surface area (Å²) in [6, 6.07) is 3.96. The molecule has 2 aromatic rings. The minimum absolute atomic E-state index is 0.353. The Morgan fingerprint density at radius 1 is 1.61 bits per heavy atom. The Kier molecular flexibility index (Phi) is 5.18. The van der Waals surface area contributed by atoms with Crippen molar-refractivity contribution < 1.29 is 9.84 Å². The van der Waals surface area contributed by atoms with Gasteiger partial charge in [0.2, 0.25) is 5.16 Å². The second-order valence-corrected chi connectivity index (χ2v) is 5.50. The molecule has 0 spiro atoms. The normalized spacial score (nSPS) is 12.8. The van der Waals surface area contributed by atoms with Gasteiger partial charge in [0.1, 0.15) is 0 Å². The molecule has 0 aliphatic rings. The fraction of sp³-hybridized carbons (Fsp3) is 0.455. The maximum atomic E-state index is 9.62. The molecule has 7 heteroatoms. The summed E-state index contributed by atoms with van der Waals surface area (Å²) >= 11 is 3.03. The maximum Gasteiger partial charge on any atom is 0.208 e. The molecule has 0 amide bonds. The van der Waals surface area contributed by atoms with E-state index in [2.05, 4.69) is 15.2 Å². The summed E-state index contributed by atoms with van der Waals surface area (Å²) < 4.78 is 5.14. The van der Waals surface area contributed by atoms with Gasteiger partial charge >= 0.3 is 0 Å². The Balaban J connectivity index is 1.84. The third kappa shape index (κ3) is 3.81. The summed E-state index contributed by atoms with van der Waals surface area (Å²) in [6.07, 6.45) is -0.487. The second kappa shape index (κ2) is 6.89. The SMILES string of the molecule is CCOC[C@@H](O)CSc1n[nH]c(-c2cccs2)n1. The lowest BCUT2D eigenvalue weighted by atomic mass is 10.4. The molecule has 0 fully saturated rings. The van der Waals surface area contributed by atoms with E-state index in [1.54, 1.807) is 11.3 Å². The van der Waals surface area contributed by atoms with E-state index in [1.165, 1.54) is 11.8 Å². The van der Waals surface area contributed by atoms with Crippen LogP contribution in [0, 0.1) is 0 Å². The van der Waals surface area contributed by atoms with Crippen molar-refractivity contribution in [1.82, 2.24) is 15.2 Å². The average molecular weight is 285 g/mol. The molecular weight excluding hydrogens is 270 g/mol. The first-order chi connectivity index (χ1) is 8.79. The van der Waals surface area contributed by atoms with Crippen LogP contribution >= 0.6 is 23.1 Å². The van der Waals surface area contributed by atoms with E-state index in [0.29, 0.717) is 24.1 Å². The largest absolute Gasteiger partial charge is 0.390 e. The lowest BCUT2D eigenvalue weighted by molar-refractivity contribution is 0.0551. The Hall–Kier alpha value is -0.890. The average Bonchev–Trinajstić information content (AvgIpc) is 3.03. The van der Waals surface area contributed by atoms with Crippen LogP contribution in [0.25, 0.3) is 10.7 Å². The number of hydrogen-bond donors (Lipinski definition) is 2. The molecule has 1 atom stereocenters. The van der Waals surface area contributed by atoms with Gasteiger partial charge in [0.25, 0.3) is 0 Å². The molecule has 0 bridgehead atoms. The highest BCUT2D eigenvalue weighted by Crippen LogP contribution is 2.23. The predicted molar refractivity (Wildman–Crippen MR) is 72.9 cm³/mol. The summed E-state index contributed by atoms with van der Waals surface area (Å²) in [5, 5.41) is 19.3. The third-order valence-corrected chi connectivity index (χ3v) is 4.01. The summed E-state index contributed by atoms with van der Waals surface area (Å²) in [5.41, 5.74) is 0. The van der Waals surface area contributed by atoms with Crippen molar-refractivity contribution in [3.8, 4) is 10.7 Å². The number of hydrogen-bond acceptors (Lipinski definition) is 6. The van der Waals surface area contributed by atoms with E-state index < -0.39 is 6.10 Å². The van der Waals surface area contributed by atoms with E-state index in [1.807, 2.05) is 24.4 Å². The highest BCUT2D eigenvalue weighted by Gasteiger charge is 2.10. The van der Waals surface area contributed by atoms with E-state index >= 15 is 0 Å². The molecule has 18 heavy (non-hydrogen) atoms. The van der Waals surface area contributed by atoms with Gasteiger partial charge in [-0.3, -0.25) is 5.10 Å². The number of nitrogens with zero attached hydrogens (tertiary/aromatic N) is 2.